The average Bonchev–Trinajstić information content (AvgIpc) is 2.33. The van der Waals surface area contributed by atoms with Crippen LogP contribution >= 0.6 is 11.8 Å². The predicted molar refractivity (Wildman–Crippen MR) is 78.5 cm³/mol. The van der Waals surface area contributed by atoms with Gasteiger partial charge >= 0.3 is 12.0 Å². The highest BCUT2D eigenvalue weighted by Gasteiger charge is 2.33. The van der Waals surface area contributed by atoms with Gasteiger partial charge in [0.25, 0.3) is 0 Å². The Bertz CT molecular complexity index is 372. The zero-order valence-electron chi connectivity index (χ0n) is 12.2. The van der Waals surface area contributed by atoms with Gasteiger partial charge in [-0.25, -0.2) is 4.79 Å². The van der Waals surface area contributed by atoms with E-state index in [-0.39, 0.29) is 11.7 Å². The molecule has 8 heteroatoms. The summed E-state index contributed by atoms with van der Waals surface area (Å²) in [5, 5.41) is 13.6. The maximum Gasteiger partial charge on any atom is 0.321 e. The second-order valence-corrected chi connectivity index (χ2v) is 6.99. The SMILES string of the molecule is CC(C)CNC(=O)NC(=O)CSC(C)(C)[C@@H](N)C(=O)O. The first-order valence-corrected chi connectivity index (χ1v) is 7.25. The van der Waals surface area contributed by atoms with Gasteiger partial charge < -0.3 is 16.2 Å². The van der Waals surface area contributed by atoms with Gasteiger partial charge in [0.05, 0.1) is 5.75 Å². The molecule has 0 aromatic rings. The molecule has 0 rings (SSSR count). The fourth-order valence-corrected chi connectivity index (χ4v) is 2.00. The lowest BCUT2D eigenvalue weighted by Gasteiger charge is -2.27. The molecule has 0 aliphatic carbocycles. The summed E-state index contributed by atoms with van der Waals surface area (Å²) in [7, 11) is 0. The van der Waals surface area contributed by atoms with Crippen LogP contribution in [0.2, 0.25) is 0 Å². The zero-order valence-corrected chi connectivity index (χ0v) is 13.0. The number of hydrogen-bond donors (Lipinski definition) is 4. The van der Waals surface area contributed by atoms with Gasteiger partial charge in [-0.05, 0) is 19.8 Å². The molecule has 1 atom stereocenters. The summed E-state index contributed by atoms with van der Waals surface area (Å²) in [6.45, 7) is 7.63. The van der Waals surface area contributed by atoms with E-state index in [1.807, 2.05) is 13.8 Å². The van der Waals surface area contributed by atoms with Crippen molar-refractivity contribution in [2.75, 3.05) is 12.3 Å². The summed E-state index contributed by atoms with van der Waals surface area (Å²) >= 11 is 1.09. The summed E-state index contributed by atoms with van der Waals surface area (Å²) < 4.78 is -0.808. The van der Waals surface area contributed by atoms with E-state index in [0.717, 1.165) is 11.8 Å². The number of aliphatic carboxylic acids is 1. The molecule has 0 aliphatic rings. The monoisotopic (exact) mass is 305 g/mol. The second kappa shape index (κ2) is 8.11. The summed E-state index contributed by atoms with van der Waals surface area (Å²) in [6.07, 6.45) is 0. The molecule has 5 N–H and O–H groups in total. The van der Waals surface area contributed by atoms with Crippen LogP contribution in [0.3, 0.4) is 0 Å². The molecule has 0 aromatic heterocycles. The summed E-state index contributed by atoms with van der Waals surface area (Å²) in [5.41, 5.74) is 5.53. The molecule has 0 spiro atoms. The molecule has 0 saturated carbocycles. The van der Waals surface area contributed by atoms with E-state index in [1.54, 1.807) is 13.8 Å². The van der Waals surface area contributed by atoms with Gasteiger partial charge in [-0.1, -0.05) is 13.8 Å². The van der Waals surface area contributed by atoms with Crippen LogP contribution in [0.5, 0.6) is 0 Å². The number of carbonyl (C=O) groups excluding carboxylic acids is 2. The third-order valence-electron chi connectivity index (χ3n) is 2.51. The van der Waals surface area contributed by atoms with Crippen molar-refractivity contribution in [2.24, 2.45) is 11.7 Å². The highest BCUT2D eigenvalue weighted by Crippen LogP contribution is 2.27. The van der Waals surface area contributed by atoms with Crippen LogP contribution in [0.25, 0.3) is 0 Å². The number of amides is 3. The number of carboxylic acids is 1. The summed E-state index contributed by atoms with van der Waals surface area (Å²) in [4.78, 5) is 33.7. The van der Waals surface area contributed by atoms with Crippen LogP contribution in [0.15, 0.2) is 0 Å². The average molecular weight is 305 g/mol. The lowest BCUT2D eigenvalue weighted by molar-refractivity contribution is -0.139. The molecule has 0 heterocycles. The van der Waals surface area contributed by atoms with Crippen molar-refractivity contribution < 1.29 is 19.5 Å². The Morgan fingerprint density at radius 2 is 1.85 bits per heavy atom. The second-order valence-electron chi connectivity index (χ2n) is 5.36. The highest BCUT2D eigenvalue weighted by atomic mass is 32.2. The van der Waals surface area contributed by atoms with Crippen LogP contribution in [-0.4, -0.2) is 46.1 Å². The minimum Gasteiger partial charge on any atom is -0.480 e. The molecule has 7 nitrogen and oxygen atoms in total. The van der Waals surface area contributed by atoms with E-state index in [2.05, 4.69) is 10.6 Å². The number of thioether (sulfide) groups is 1. The molecule has 0 fully saturated rings. The third-order valence-corrected chi connectivity index (χ3v) is 3.92. The van der Waals surface area contributed by atoms with Gasteiger partial charge in [0.1, 0.15) is 6.04 Å². The zero-order chi connectivity index (χ0) is 15.9. The lowest BCUT2D eigenvalue weighted by Crippen LogP contribution is -2.48. The fraction of sp³-hybridized carbons (Fsp3) is 0.750. The number of hydrogen-bond acceptors (Lipinski definition) is 5. The number of nitrogens with one attached hydrogen (secondary N) is 2. The quantitative estimate of drug-likeness (QED) is 0.540. The van der Waals surface area contributed by atoms with Crippen molar-refractivity contribution in [3.63, 3.8) is 0 Å². The topological polar surface area (TPSA) is 122 Å². The third kappa shape index (κ3) is 7.34. The molecule has 0 saturated heterocycles. The largest absolute Gasteiger partial charge is 0.480 e. The Hall–Kier alpha value is -1.28. The van der Waals surface area contributed by atoms with Crippen LogP contribution in [0.1, 0.15) is 27.7 Å². The Balaban J connectivity index is 4.16. The van der Waals surface area contributed by atoms with Crippen molar-refractivity contribution in [3.8, 4) is 0 Å². The first-order chi connectivity index (χ1) is 9.06. The molecule has 0 aliphatic heterocycles. The Kier molecular flexibility index (Phi) is 7.59. The van der Waals surface area contributed by atoms with Gasteiger partial charge in [0, 0.05) is 11.3 Å². The van der Waals surface area contributed by atoms with E-state index >= 15 is 0 Å². The maximum absolute atomic E-state index is 11.6. The van der Waals surface area contributed by atoms with Crippen molar-refractivity contribution >= 4 is 29.7 Å². The first kappa shape index (κ1) is 18.7. The number of imide groups is 1. The first-order valence-electron chi connectivity index (χ1n) is 6.26. The van der Waals surface area contributed by atoms with Gasteiger partial charge in [-0.15, -0.1) is 11.8 Å². The molecule has 0 aromatic carbocycles. The van der Waals surface area contributed by atoms with E-state index in [1.165, 1.54) is 0 Å². The van der Waals surface area contributed by atoms with Crippen LogP contribution in [0.4, 0.5) is 4.79 Å². The molecule has 20 heavy (non-hydrogen) atoms. The Morgan fingerprint density at radius 3 is 2.30 bits per heavy atom. The fourth-order valence-electron chi connectivity index (χ4n) is 1.14. The number of carboxylic acid groups (broad SMARTS) is 1. The van der Waals surface area contributed by atoms with Crippen LogP contribution < -0.4 is 16.4 Å². The number of nitrogens with two attached hydrogens (primary N) is 1. The number of rotatable bonds is 7. The van der Waals surface area contributed by atoms with Crippen LogP contribution in [-0.2, 0) is 9.59 Å². The normalized spacial score (nSPS) is 12.9. The van der Waals surface area contributed by atoms with Crippen molar-refractivity contribution in [3.05, 3.63) is 0 Å². The van der Waals surface area contributed by atoms with Gasteiger partial charge in [0.2, 0.25) is 5.91 Å². The molecule has 0 radical (unpaired) electrons. The van der Waals surface area contributed by atoms with Crippen molar-refractivity contribution in [2.45, 2.75) is 38.5 Å². The van der Waals surface area contributed by atoms with Crippen molar-refractivity contribution in [1.82, 2.24) is 10.6 Å². The molecule has 116 valence electrons. The smallest absolute Gasteiger partial charge is 0.321 e. The lowest BCUT2D eigenvalue weighted by atomic mass is 10.1. The Labute approximate surface area is 123 Å². The number of urea groups is 1. The van der Waals surface area contributed by atoms with E-state index in [4.69, 9.17) is 10.8 Å². The molecule has 0 unspecified atom stereocenters. The van der Waals surface area contributed by atoms with Crippen molar-refractivity contribution in [1.29, 1.82) is 0 Å². The molecular weight excluding hydrogens is 282 g/mol. The van der Waals surface area contributed by atoms with Gasteiger partial charge in [0.15, 0.2) is 0 Å². The minimum atomic E-state index is -1.13. The molecular formula is C12H23N3O4S. The molecule has 0 bridgehead atoms. The summed E-state index contributed by atoms with van der Waals surface area (Å²) in [6, 6.07) is -1.64. The molecule has 3 amide bonds. The maximum atomic E-state index is 11.6. The predicted octanol–water partition coefficient (Wildman–Crippen LogP) is 0.392. The van der Waals surface area contributed by atoms with E-state index in [0.29, 0.717) is 6.54 Å². The van der Waals surface area contributed by atoms with Gasteiger partial charge in [-0.2, -0.15) is 0 Å². The van der Waals surface area contributed by atoms with Crippen LogP contribution in [0, 0.1) is 5.92 Å². The highest BCUT2D eigenvalue weighted by molar-refractivity contribution is 8.01. The standard InChI is InChI=1S/C12H23N3O4S/c1-7(2)5-14-11(19)15-8(16)6-20-12(3,4)9(13)10(17)18/h7,9H,5-6,13H2,1-4H3,(H,17,18)(H2,14,15,16,19)/t9-/m0/s1. The van der Waals surface area contributed by atoms with E-state index in [9.17, 15) is 14.4 Å². The Morgan fingerprint density at radius 1 is 1.30 bits per heavy atom. The minimum absolute atomic E-state index is 0.0386. The van der Waals surface area contributed by atoms with Gasteiger partial charge in [-0.3, -0.25) is 14.9 Å². The number of carbonyl (C=O) groups is 3. The summed E-state index contributed by atoms with van der Waals surface area (Å²) in [5.74, 6) is -1.36. The van der Waals surface area contributed by atoms with E-state index < -0.39 is 28.7 Å².